The molecule has 0 aromatic heterocycles. The van der Waals surface area contributed by atoms with Crippen LogP contribution in [0.4, 0.5) is 10.1 Å². The van der Waals surface area contributed by atoms with Crippen molar-refractivity contribution in [2.24, 2.45) is 0 Å². The molecule has 0 unspecified atom stereocenters. The molecule has 1 amide bonds. The van der Waals surface area contributed by atoms with E-state index in [0.29, 0.717) is 16.6 Å². The van der Waals surface area contributed by atoms with Crippen molar-refractivity contribution in [3.63, 3.8) is 0 Å². The van der Waals surface area contributed by atoms with Crippen LogP contribution in [0.25, 0.3) is 0 Å². The molecule has 12 heavy (non-hydrogen) atoms. The van der Waals surface area contributed by atoms with Crippen molar-refractivity contribution >= 4 is 28.0 Å². The highest BCUT2D eigenvalue weighted by atomic mass is 79.9. The fourth-order valence-corrected chi connectivity index (χ4v) is 1.32. The Morgan fingerprint density at radius 3 is 2.83 bits per heavy atom. The van der Waals surface area contributed by atoms with Gasteiger partial charge in [-0.05, 0) is 40.5 Å². The molecule has 2 nitrogen and oxygen atoms in total. The van der Waals surface area contributed by atoms with Gasteiger partial charge in [-0.1, -0.05) is 0 Å². The van der Waals surface area contributed by atoms with Gasteiger partial charge in [0.1, 0.15) is 5.82 Å². The van der Waals surface area contributed by atoms with Crippen LogP contribution in [0, 0.1) is 12.7 Å². The maximum Gasteiger partial charge on any atom is 0.211 e. The number of nitrogens with one attached hydrogen (secondary N) is 1. The highest BCUT2D eigenvalue weighted by Crippen LogP contribution is 2.23. The van der Waals surface area contributed by atoms with Crippen LogP contribution in [0.2, 0.25) is 0 Å². The molecule has 1 aromatic rings. The Kier molecular flexibility index (Phi) is 2.81. The topological polar surface area (TPSA) is 29.1 Å². The van der Waals surface area contributed by atoms with E-state index in [0.717, 1.165) is 5.56 Å². The second kappa shape index (κ2) is 3.67. The van der Waals surface area contributed by atoms with Crippen LogP contribution >= 0.6 is 15.9 Å². The number of carbonyl (C=O) groups excluding carboxylic acids is 1. The van der Waals surface area contributed by atoms with Crippen LogP contribution in [-0.4, -0.2) is 6.41 Å². The van der Waals surface area contributed by atoms with E-state index in [1.54, 1.807) is 13.0 Å². The molecule has 0 spiro atoms. The highest BCUT2D eigenvalue weighted by molar-refractivity contribution is 9.10. The summed E-state index contributed by atoms with van der Waals surface area (Å²) in [4.78, 5) is 10.1. The summed E-state index contributed by atoms with van der Waals surface area (Å²) in [5, 5.41) is 2.40. The van der Waals surface area contributed by atoms with Crippen molar-refractivity contribution in [2.45, 2.75) is 6.92 Å². The molecular weight excluding hydrogens is 225 g/mol. The molecule has 0 radical (unpaired) electrons. The van der Waals surface area contributed by atoms with Crippen LogP contribution in [0.5, 0.6) is 0 Å². The van der Waals surface area contributed by atoms with E-state index in [1.165, 1.54) is 6.07 Å². The minimum Gasteiger partial charge on any atom is -0.328 e. The number of rotatable bonds is 2. The first-order valence-electron chi connectivity index (χ1n) is 3.31. The van der Waals surface area contributed by atoms with E-state index in [2.05, 4.69) is 21.2 Å². The number of hydrogen-bond acceptors (Lipinski definition) is 1. The lowest BCUT2D eigenvalue weighted by Gasteiger charge is -2.04. The Labute approximate surface area is 77.9 Å². The van der Waals surface area contributed by atoms with Crippen molar-refractivity contribution in [1.82, 2.24) is 0 Å². The molecule has 0 saturated carbocycles. The summed E-state index contributed by atoms with van der Waals surface area (Å²) >= 11 is 3.04. The maximum absolute atomic E-state index is 12.9. The van der Waals surface area contributed by atoms with E-state index in [1.807, 2.05) is 0 Å². The molecule has 0 saturated heterocycles. The van der Waals surface area contributed by atoms with Gasteiger partial charge in [0.05, 0.1) is 4.47 Å². The zero-order chi connectivity index (χ0) is 9.14. The molecular formula is C8H7BrFNO. The fourth-order valence-electron chi connectivity index (χ4n) is 0.865. The standard InChI is InChI=1S/C8H7BrFNO/c1-5-2-6(9)7(10)3-8(5)11-4-12/h2-4H,1H3,(H,11,12). The lowest BCUT2D eigenvalue weighted by molar-refractivity contribution is -0.105. The third-order valence-corrected chi connectivity index (χ3v) is 2.09. The quantitative estimate of drug-likeness (QED) is 0.779. The van der Waals surface area contributed by atoms with Gasteiger partial charge in [0, 0.05) is 5.69 Å². The first-order valence-corrected chi connectivity index (χ1v) is 4.10. The normalized spacial score (nSPS) is 9.58. The molecule has 1 rings (SSSR count). The van der Waals surface area contributed by atoms with E-state index in [9.17, 15) is 9.18 Å². The third-order valence-electron chi connectivity index (χ3n) is 1.48. The molecule has 0 aliphatic heterocycles. The number of amides is 1. The van der Waals surface area contributed by atoms with Crippen LogP contribution < -0.4 is 5.32 Å². The second-order valence-electron chi connectivity index (χ2n) is 2.34. The predicted molar refractivity (Wildman–Crippen MR) is 48.5 cm³/mol. The monoisotopic (exact) mass is 231 g/mol. The zero-order valence-electron chi connectivity index (χ0n) is 6.40. The van der Waals surface area contributed by atoms with Crippen LogP contribution in [-0.2, 0) is 4.79 Å². The summed E-state index contributed by atoms with van der Waals surface area (Å²) in [6, 6.07) is 2.88. The Morgan fingerprint density at radius 2 is 2.25 bits per heavy atom. The van der Waals surface area contributed by atoms with E-state index in [4.69, 9.17) is 0 Å². The van der Waals surface area contributed by atoms with Gasteiger partial charge in [-0.2, -0.15) is 0 Å². The van der Waals surface area contributed by atoms with Gasteiger partial charge < -0.3 is 5.32 Å². The number of benzene rings is 1. The summed E-state index contributed by atoms with van der Waals surface area (Å²) in [5.74, 6) is -0.384. The summed E-state index contributed by atoms with van der Waals surface area (Å²) < 4.78 is 13.3. The van der Waals surface area contributed by atoms with Crippen molar-refractivity contribution < 1.29 is 9.18 Å². The Bertz CT molecular complexity index is 314. The molecule has 0 atom stereocenters. The van der Waals surface area contributed by atoms with Gasteiger partial charge in [-0.3, -0.25) is 4.79 Å². The van der Waals surface area contributed by atoms with E-state index in [-0.39, 0.29) is 5.82 Å². The smallest absolute Gasteiger partial charge is 0.211 e. The molecule has 1 aromatic carbocycles. The molecule has 64 valence electrons. The predicted octanol–water partition coefficient (Wildman–Crippen LogP) is 2.46. The van der Waals surface area contributed by atoms with E-state index >= 15 is 0 Å². The number of aryl methyl sites for hydroxylation is 1. The van der Waals surface area contributed by atoms with Crippen LogP contribution in [0.3, 0.4) is 0 Å². The van der Waals surface area contributed by atoms with Gasteiger partial charge in [0.25, 0.3) is 0 Å². The summed E-state index contributed by atoms with van der Waals surface area (Å²) in [7, 11) is 0. The van der Waals surface area contributed by atoms with Crippen LogP contribution in [0.1, 0.15) is 5.56 Å². The number of carbonyl (C=O) groups is 1. The van der Waals surface area contributed by atoms with Crippen molar-refractivity contribution in [3.05, 3.63) is 28.0 Å². The molecule has 0 aliphatic rings. The maximum atomic E-state index is 12.9. The fraction of sp³-hybridized carbons (Fsp3) is 0.125. The zero-order valence-corrected chi connectivity index (χ0v) is 7.98. The molecule has 0 fully saturated rings. The minimum atomic E-state index is -0.384. The molecule has 1 N–H and O–H groups in total. The highest BCUT2D eigenvalue weighted by Gasteiger charge is 2.03. The Morgan fingerprint density at radius 1 is 1.58 bits per heavy atom. The number of halogens is 2. The van der Waals surface area contributed by atoms with Crippen LogP contribution in [0.15, 0.2) is 16.6 Å². The average Bonchev–Trinajstić information content (AvgIpc) is 2.01. The third kappa shape index (κ3) is 1.82. The van der Waals surface area contributed by atoms with Crippen molar-refractivity contribution in [1.29, 1.82) is 0 Å². The molecule has 0 bridgehead atoms. The first kappa shape index (κ1) is 9.19. The largest absolute Gasteiger partial charge is 0.328 e. The van der Waals surface area contributed by atoms with Crippen molar-refractivity contribution in [3.8, 4) is 0 Å². The SMILES string of the molecule is Cc1cc(Br)c(F)cc1NC=O. The summed E-state index contributed by atoms with van der Waals surface area (Å²) in [5.41, 5.74) is 1.31. The Balaban J connectivity index is 3.13. The lowest BCUT2D eigenvalue weighted by atomic mass is 10.2. The average molecular weight is 232 g/mol. The van der Waals surface area contributed by atoms with Crippen molar-refractivity contribution in [2.75, 3.05) is 5.32 Å². The first-order chi connectivity index (χ1) is 5.65. The Hall–Kier alpha value is -0.900. The lowest BCUT2D eigenvalue weighted by Crippen LogP contribution is -1.97. The summed E-state index contributed by atoms with van der Waals surface area (Å²) in [6.07, 6.45) is 0.523. The number of anilines is 1. The minimum absolute atomic E-state index is 0.384. The second-order valence-corrected chi connectivity index (χ2v) is 3.20. The van der Waals surface area contributed by atoms with Gasteiger partial charge in [-0.15, -0.1) is 0 Å². The van der Waals surface area contributed by atoms with Gasteiger partial charge in [0.2, 0.25) is 6.41 Å². The van der Waals surface area contributed by atoms with Gasteiger partial charge in [-0.25, -0.2) is 4.39 Å². The molecule has 4 heteroatoms. The number of hydrogen-bond donors (Lipinski definition) is 1. The molecule has 0 aliphatic carbocycles. The van der Waals surface area contributed by atoms with Gasteiger partial charge in [0.15, 0.2) is 0 Å². The molecule has 0 heterocycles. The summed E-state index contributed by atoms with van der Waals surface area (Å²) in [6.45, 7) is 1.79. The van der Waals surface area contributed by atoms with Gasteiger partial charge >= 0.3 is 0 Å². The van der Waals surface area contributed by atoms with E-state index < -0.39 is 0 Å².